The summed E-state index contributed by atoms with van der Waals surface area (Å²) in [6.45, 7) is -0.0252. The van der Waals surface area contributed by atoms with E-state index in [1.807, 2.05) is 0 Å². The minimum atomic E-state index is -4.10. The molecule has 1 N–H and O–H groups in total. The van der Waals surface area contributed by atoms with Gasteiger partial charge in [-0.2, -0.15) is 8.78 Å². The summed E-state index contributed by atoms with van der Waals surface area (Å²) in [5.41, 5.74) is -1.99. The van der Waals surface area contributed by atoms with Gasteiger partial charge in [-0.1, -0.05) is 5.04 Å². The first-order chi connectivity index (χ1) is 24.9. The van der Waals surface area contributed by atoms with Crippen molar-refractivity contribution in [3.05, 3.63) is 0 Å². The molecule has 1 heterocycles. The first kappa shape index (κ1) is 34.9. The van der Waals surface area contributed by atoms with Gasteiger partial charge in [0.25, 0.3) is 0 Å². The van der Waals surface area contributed by atoms with Crippen LogP contribution in [0.3, 0.4) is 0 Å². The van der Waals surface area contributed by atoms with E-state index in [-0.39, 0.29) is 55.7 Å². The average Bonchev–Trinajstić information content (AvgIpc) is 3.45. The molecule has 0 amide bonds. The lowest BCUT2D eigenvalue weighted by Crippen LogP contribution is -2.65. The van der Waals surface area contributed by atoms with E-state index < -0.39 is 57.7 Å². The highest BCUT2D eigenvalue weighted by molar-refractivity contribution is 7.96. The van der Waals surface area contributed by atoms with Gasteiger partial charge in [-0.3, -0.25) is 9.59 Å². The summed E-state index contributed by atoms with van der Waals surface area (Å²) in [4.78, 5) is 40.5. The zero-order valence-electron chi connectivity index (χ0n) is 29.5. The molecule has 11 nitrogen and oxygen atoms in total. The van der Waals surface area contributed by atoms with Crippen LogP contribution in [0.15, 0.2) is 0 Å². The van der Waals surface area contributed by atoms with E-state index in [1.165, 1.54) is 38.5 Å². The summed E-state index contributed by atoms with van der Waals surface area (Å²) >= 11 is -0.627. The van der Waals surface area contributed by atoms with E-state index in [4.69, 9.17) is 28.9 Å². The van der Waals surface area contributed by atoms with Crippen LogP contribution in [0.1, 0.15) is 109 Å². The average molecular weight is 753 g/mol. The normalized spacial score (nSPS) is 50.2. The number of ether oxygens (including phenoxy) is 5. The summed E-state index contributed by atoms with van der Waals surface area (Å²) < 4.78 is 64.7. The zero-order valence-corrected chi connectivity index (χ0v) is 30.3. The third-order valence-electron chi connectivity index (χ3n) is 15.8. The van der Waals surface area contributed by atoms with Crippen LogP contribution in [-0.4, -0.2) is 65.2 Å². The molecular formula is C38H50F2O11S. The van der Waals surface area contributed by atoms with Gasteiger partial charge in [0.1, 0.15) is 43.1 Å². The minimum Gasteiger partial charge on any atom is -0.462 e. The molecule has 1 aliphatic heterocycles. The topological polar surface area (TPSA) is 136 Å². The van der Waals surface area contributed by atoms with Gasteiger partial charge in [-0.25, -0.2) is 10.1 Å². The van der Waals surface area contributed by atoms with Crippen molar-refractivity contribution < 1.29 is 61.5 Å². The molecule has 0 radical (unpaired) electrons. The fourth-order valence-electron chi connectivity index (χ4n) is 15.0. The van der Waals surface area contributed by atoms with E-state index in [9.17, 15) is 23.2 Å². The number of carbonyl (C=O) groups excluding carboxylic acids is 3. The van der Waals surface area contributed by atoms with Crippen molar-refractivity contribution in [1.29, 1.82) is 0 Å². The van der Waals surface area contributed by atoms with E-state index in [2.05, 4.69) is 9.37 Å². The van der Waals surface area contributed by atoms with Crippen LogP contribution in [0.4, 0.5) is 8.78 Å². The van der Waals surface area contributed by atoms with Crippen LogP contribution < -0.4 is 0 Å². The molecule has 0 aromatic rings. The third-order valence-corrected chi connectivity index (χ3v) is 16.3. The number of hydrogen-bond acceptors (Lipinski definition) is 12. The van der Waals surface area contributed by atoms with Crippen molar-refractivity contribution in [3.8, 4) is 0 Å². The van der Waals surface area contributed by atoms with Crippen molar-refractivity contribution >= 4 is 30.0 Å². The van der Waals surface area contributed by atoms with Gasteiger partial charge >= 0.3 is 23.2 Å². The van der Waals surface area contributed by atoms with Gasteiger partial charge in [0, 0.05) is 11.8 Å². The van der Waals surface area contributed by atoms with Crippen LogP contribution in [0.25, 0.3) is 0 Å². The van der Waals surface area contributed by atoms with Gasteiger partial charge in [0.05, 0.1) is 10.8 Å². The van der Waals surface area contributed by atoms with Crippen LogP contribution in [0.5, 0.6) is 0 Å². The molecule has 12 aliphatic carbocycles. The Hall–Kier alpha value is -1.58. The molecule has 13 fully saturated rings. The maximum absolute atomic E-state index is 14.5. The smallest absolute Gasteiger partial charge is 0.415 e. The number of rotatable bonds is 11. The molecule has 1 saturated heterocycles. The van der Waals surface area contributed by atoms with Crippen LogP contribution in [-0.2, 0) is 47.4 Å². The van der Waals surface area contributed by atoms with Crippen molar-refractivity contribution in [2.75, 3.05) is 13.2 Å². The highest BCUT2D eigenvalue weighted by Crippen LogP contribution is 2.66. The Balaban J connectivity index is 0.867. The number of carbonyl (C=O) groups is 3. The molecule has 4 atom stereocenters. The Kier molecular flexibility index (Phi) is 8.19. The zero-order chi connectivity index (χ0) is 35.7. The molecular weight excluding hydrogens is 702 g/mol. The summed E-state index contributed by atoms with van der Waals surface area (Å²) in [5, 5.41) is 7.51. The Bertz CT molecular complexity index is 1330. The predicted octanol–water partition coefficient (Wildman–Crippen LogP) is 6.77. The first-order valence-electron chi connectivity index (χ1n) is 19.8. The van der Waals surface area contributed by atoms with E-state index in [1.54, 1.807) is 0 Å². The number of halogens is 2. The second kappa shape index (κ2) is 12.2. The lowest BCUT2D eigenvalue weighted by molar-refractivity contribution is -0.433. The van der Waals surface area contributed by atoms with Gasteiger partial charge in [-0.15, -0.1) is 4.33 Å². The predicted molar refractivity (Wildman–Crippen MR) is 175 cm³/mol. The second-order valence-corrected chi connectivity index (χ2v) is 20.1. The lowest BCUT2D eigenvalue weighted by atomic mass is 9.49. The van der Waals surface area contributed by atoms with Crippen LogP contribution in [0, 0.1) is 64.1 Å². The Morgan fingerprint density at radius 1 is 0.635 bits per heavy atom. The summed E-state index contributed by atoms with van der Waals surface area (Å²) in [6.07, 6.45) is 13.7. The Labute approximate surface area is 306 Å². The quantitative estimate of drug-likeness (QED) is 0.0785. The third kappa shape index (κ3) is 5.60. The summed E-state index contributed by atoms with van der Waals surface area (Å²) in [5.74, 6) is -0.0234. The van der Waals surface area contributed by atoms with Crippen LogP contribution >= 0.6 is 12.0 Å². The van der Waals surface area contributed by atoms with Gasteiger partial charge in [-0.05, 0) is 151 Å². The molecule has 0 aromatic heterocycles. The summed E-state index contributed by atoms with van der Waals surface area (Å²) in [7, 11) is 0. The van der Waals surface area contributed by atoms with Crippen molar-refractivity contribution in [2.24, 2.45) is 64.1 Å². The second-order valence-electron chi connectivity index (χ2n) is 19.3. The standard InChI is InChI=1S/C38H50F2O11S/c39-38(40,52-51-50-44)33(43)49-36-15-26-7-27(16-36)37(28(8-26)17-36)47-29(18-45-31(41)34-9-20-1-21(10-34)3-22(2-20)11-34)30(48-37)19-46-32(42)35-12-23-4-24(13-35)6-25(5-23)14-35/h20-30,44H,1-19H2. The molecule has 14 heteroatoms. The van der Waals surface area contributed by atoms with Crippen molar-refractivity contribution in [3.63, 3.8) is 0 Å². The molecule has 4 unspecified atom stereocenters. The maximum atomic E-state index is 14.5. The molecule has 0 aromatic carbocycles. The van der Waals surface area contributed by atoms with Gasteiger partial charge < -0.3 is 23.7 Å². The van der Waals surface area contributed by atoms with E-state index >= 15 is 0 Å². The largest absolute Gasteiger partial charge is 0.462 e. The summed E-state index contributed by atoms with van der Waals surface area (Å²) in [6, 6.07) is 0. The SMILES string of the molecule is O=C(OCC1OC2(OC1COC(=O)C13CC4CC(CC(C4)C1)C3)C1CC3CC2CC(OC(=O)C(F)(F)SOOO)(C3)C1)C12CC3CC(CC(C3)C1)C2. The van der Waals surface area contributed by atoms with Gasteiger partial charge in [0.15, 0.2) is 5.79 Å². The molecule has 13 rings (SSSR count). The van der Waals surface area contributed by atoms with E-state index in [0.717, 1.165) is 38.5 Å². The Morgan fingerprint density at radius 3 is 1.44 bits per heavy atom. The molecule has 13 aliphatic rings. The fraction of sp³-hybridized carbons (Fsp3) is 0.921. The molecule has 12 saturated carbocycles. The van der Waals surface area contributed by atoms with Crippen molar-refractivity contribution in [2.45, 2.75) is 138 Å². The van der Waals surface area contributed by atoms with Crippen molar-refractivity contribution in [1.82, 2.24) is 0 Å². The maximum Gasteiger partial charge on any atom is 0.415 e. The highest BCUT2D eigenvalue weighted by Gasteiger charge is 2.70. The number of hydrogen-bond donors (Lipinski definition) is 1. The lowest BCUT2D eigenvalue weighted by Gasteiger charge is -2.62. The number of alkyl halides is 2. The molecule has 288 valence electrons. The van der Waals surface area contributed by atoms with Gasteiger partial charge in [0.2, 0.25) is 0 Å². The van der Waals surface area contributed by atoms with Crippen LogP contribution in [0.2, 0.25) is 0 Å². The molecule has 1 spiro atoms. The highest BCUT2D eigenvalue weighted by atomic mass is 32.2. The first-order valence-corrected chi connectivity index (χ1v) is 20.6. The number of esters is 3. The minimum absolute atomic E-state index is 0.0126. The molecule has 12 bridgehead atoms. The fourth-order valence-corrected chi connectivity index (χ4v) is 15.2. The monoisotopic (exact) mass is 752 g/mol. The van der Waals surface area contributed by atoms with E-state index in [0.29, 0.717) is 54.8 Å². The molecule has 52 heavy (non-hydrogen) atoms. The Morgan fingerprint density at radius 2 is 1.04 bits per heavy atom.